The van der Waals surface area contributed by atoms with Crippen molar-refractivity contribution >= 4 is 11.9 Å². The lowest BCUT2D eigenvalue weighted by atomic mass is 9.95. The molecule has 1 N–H and O–H groups in total. The molecule has 1 aromatic heterocycles. The van der Waals surface area contributed by atoms with E-state index in [0.717, 1.165) is 12.0 Å². The van der Waals surface area contributed by atoms with Crippen LogP contribution in [0.4, 0.5) is 19.4 Å². The van der Waals surface area contributed by atoms with Gasteiger partial charge in [-0.3, -0.25) is 4.90 Å². The smallest absolute Gasteiger partial charge is 0.410 e. The highest BCUT2D eigenvalue weighted by Gasteiger charge is 2.71. The molecule has 1 aromatic rings. The summed E-state index contributed by atoms with van der Waals surface area (Å²) in [5, 5.41) is 10.7. The van der Waals surface area contributed by atoms with Gasteiger partial charge in [0.25, 0.3) is 5.92 Å². The molecule has 1 saturated heterocycles. The standard InChI is InChI=1S/C24H37F2N5O4/c1-21(2,3)35-20(32)31-10-16-17(11-31)27-19(28-18(16)30-9-7-8-22(4,33)13-30)34-15-23(14-29(5)6)12-24(23,25)26/h33H,7-15H2,1-6H3/t22-,23-/m1/s1. The van der Waals surface area contributed by atoms with Crippen molar-refractivity contribution < 1.29 is 28.2 Å². The van der Waals surface area contributed by atoms with Crippen molar-refractivity contribution in [3.8, 4) is 6.01 Å². The number of amides is 1. The Morgan fingerprint density at radius 2 is 1.91 bits per heavy atom. The Kier molecular flexibility index (Phi) is 6.41. The number of carbonyl (C=O) groups excluding carboxylic acids is 1. The fraction of sp³-hybridized carbons (Fsp3) is 0.792. The average molecular weight is 498 g/mol. The number of alkyl halides is 2. The second-order valence-corrected chi connectivity index (χ2v) is 11.8. The summed E-state index contributed by atoms with van der Waals surface area (Å²) in [6.07, 6.45) is 0.747. The van der Waals surface area contributed by atoms with Crippen molar-refractivity contribution in [2.24, 2.45) is 5.41 Å². The first kappa shape index (κ1) is 25.8. The van der Waals surface area contributed by atoms with Gasteiger partial charge >= 0.3 is 12.1 Å². The van der Waals surface area contributed by atoms with Gasteiger partial charge in [-0.15, -0.1) is 0 Å². The molecule has 2 atom stereocenters. The summed E-state index contributed by atoms with van der Waals surface area (Å²) in [7, 11) is 3.52. The van der Waals surface area contributed by atoms with Crippen molar-refractivity contribution in [3.63, 3.8) is 0 Å². The molecule has 0 unspecified atom stereocenters. The number of fused-ring (bicyclic) bond motifs is 1. The van der Waals surface area contributed by atoms with E-state index < -0.39 is 28.6 Å². The fourth-order valence-corrected chi connectivity index (χ4v) is 4.96. The van der Waals surface area contributed by atoms with Gasteiger partial charge in [-0.25, -0.2) is 13.6 Å². The first-order chi connectivity index (χ1) is 16.1. The van der Waals surface area contributed by atoms with E-state index in [2.05, 4.69) is 9.97 Å². The molecule has 0 spiro atoms. The van der Waals surface area contributed by atoms with Crippen LogP contribution in [0, 0.1) is 5.41 Å². The average Bonchev–Trinajstić information content (AvgIpc) is 3.04. The van der Waals surface area contributed by atoms with Crippen LogP contribution < -0.4 is 9.64 Å². The largest absolute Gasteiger partial charge is 0.463 e. The number of β-amino-alcohol motifs (C(OH)–C–C–N with tert-alkyl or cyclic N) is 1. The molecule has 0 aromatic carbocycles. The number of hydrogen-bond donors (Lipinski definition) is 1. The third-order valence-electron chi connectivity index (χ3n) is 6.67. The van der Waals surface area contributed by atoms with E-state index in [1.165, 1.54) is 0 Å². The van der Waals surface area contributed by atoms with Crippen LogP contribution in [0.3, 0.4) is 0 Å². The highest BCUT2D eigenvalue weighted by Crippen LogP contribution is 2.60. The summed E-state index contributed by atoms with van der Waals surface area (Å²) in [5.41, 5.74) is -1.43. The molecular weight excluding hydrogens is 460 g/mol. The monoisotopic (exact) mass is 497 g/mol. The van der Waals surface area contributed by atoms with Gasteiger partial charge in [-0.05, 0) is 54.6 Å². The van der Waals surface area contributed by atoms with E-state index in [4.69, 9.17) is 9.47 Å². The van der Waals surface area contributed by atoms with Gasteiger partial charge in [-0.2, -0.15) is 9.97 Å². The number of hydrogen-bond acceptors (Lipinski definition) is 8. The summed E-state index contributed by atoms with van der Waals surface area (Å²) in [4.78, 5) is 27.1. The Morgan fingerprint density at radius 1 is 1.23 bits per heavy atom. The van der Waals surface area contributed by atoms with Gasteiger partial charge in [-0.1, -0.05) is 0 Å². The molecule has 0 radical (unpaired) electrons. The second-order valence-electron chi connectivity index (χ2n) is 11.8. The molecule has 1 amide bonds. The number of anilines is 1. The minimum absolute atomic E-state index is 0.0100. The zero-order valence-corrected chi connectivity index (χ0v) is 21.5. The van der Waals surface area contributed by atoms with E-state index in [0.29, 0.717) is 31.0 Å². The number of rotatable bonds is 6. The lowest BCUT2D eigenvalue weighted by molar-refractivity contribution is 0.0236. The maximum Gasteiger partial charge on any atom is 0.410 e. The van der Waals surface area contributed by atoms with Crippen LogP contribution in [0.1, 0.15) is 58.2 Å². The van der Waals surface area contributed by atoms with E-state index in [9.17, 15) is 18.7 Å². The molecule has 0 bridgehead atoms. The van der Waals surface area contributed by atoms with E-state index in [1.807, 2.05) is 4.90 Å². The highest BCUT2D eigenvalue weighted by atomic mass is 19.3. The number of carbonyl (C=O) groups is 1. The normalized spacial score (nSPS) is 27.7. The summed E-state index contributed by atoms with van der Waals surface area (Å²) >= 11 is 0. The molecule has 2 fully saturated rings. The second kappa shape index (κ2) is 8.69. The van der Waals surface area contributed by atoms with Gasteiger partial charge in [0, 0.05) is 31.6 Å². The van der Waals surface area contributed by atoms with Gasteiger partial charge < -0.3 is 24.4 Å². The molecule has 196 valence electrons. The number of aromatic nitrogens is 2. The van der Waals surface area contributed by atoms with Gasteiger partial charge in [0.1, 0.15) is 18.0 Å². The van der Waals surface area contributed by atoms with E-state index >= 15 is 0 Å². The first-order valence-corrected chi connectivity index (χ1v) is 12.1. The Balaban J connectivity index is 1.60. The quantitative estimate of drug-likeness (QED) is 0.642. The van der Waals surface area contributed by atoms with Crippen molar-refractivity contribution in [1.29, 1.82) is 0 Å². The Morgan fingerprint density at radius 3 is 2.49 bits per heavy atom. The number of nitrogens with zero attached hydrogens (tertiary/aromatic N) is 5. The third-order valence-corrected chi connectivity index (χ3v) is 6.67. The third kappa shape index (κ3) is 5.61. The molecule has 4 rings (SSSR count). The number of aliphatic hydroxyl groups is 1. The number of ether oxygens (including phenoxy) is 2. The van der Waals surface area contributed by atoms with Crippen molar-refractivity contribution in [2.75, 3.05) is 45.2 Å². The van der Waals surface area contributed by atoms with Crippen LogP contribution in [0.2, 0.25) is 0 Å². The highest BCUT2D eigenvalue weighted by molar-refractivity contribution is 5.70. The van der Waals surface area contributed by atoms with Crippen LogP contribution in [-0.2, 0) is 17.8 Å². The van der Waals surface area contributed by atoms with E-state index in [-0.39, 0.29) is 38.7 Å². The molecule has 35 heavy (non-hydrogen) atoms. The zero-order chi connectivity index (χ0) is 25.8. The predicted molar refractivity (Wildman–Crippen MR) is 126 cm³/mol. The Hall–Kier alpha value is -2.27. The molecule has 3 aliphatic rings. The maximum absolute atomic E-state index is 14.2. The predicted octanol–water partition coefficient (Wildman–Crippen LogP) is 3.04. The van der Waals surface area contributed by atoms with Crippen LogP contribution in [0.15, 0.2) is 0 Å². The molecular formula is C24H37F2N5O4. The molecule has 9 nitrogen and oxygen atoms in total. The van der Waals surface area contributed by atoms with Gasteiger partial charge in [0.05, 0.1) is 29.8 Å². The van der Waals surface area contributed by atoms with Crippen molar-refractivity contribution in [3.05, 3.63) is 11.3 Å². The molecule has 3 heterocycles. The summed E-state index contributed by atoms with van der Waals surface area (Å²) in [6, 6.07) is 0.0100. The first-order valence-electron chi connectivity index (χ1n) is 12.1. The molecule has 1 saturated carbocycles. The Bertz CT molecular complexity index is 981. The topological polar surface area (TPSA) is 91.3 Å². The van der Waals surface area contributed by atoms with Gasteiger partial charge in [0.15, 0.2) is 0 Å². The molecule has 11 heteroatoms. The number of halogens is 2. The SMILES string of the molecule is CN(C)C[C@@]1(COc2nc3c(c(N4CCC[C@@](C)(O)C4)n2)CN(C(=O)OC(C)(C)C)C3)CC1(F)F. The Labute approximate surface area is 205 Å². The van der Waals surface area contributed by atoms with Crippen LogP contribution >= 0.6 is 0 Å². The summed E-state index contributed by atoms with van der Waals surface area (Å²) in [6.45, 7) is 8.70. The summed E-state index contributed by atoms with van der Waals surface area (Å²) in [5.74, 6) is -2.23. The lowest BCUT2D eigenvalue weighted by Crippen LogP contribution is -2.47. The molecule has 2 aliphatic heterocycles. The van der Waals surface area contributed by atoms with Crippen molar-refractivity contribution in [2.45, 2.75) is 77.2 Å². The molecule has 1 aliphatic carbocycles. The van der Waals surface area contributed by atoms with Gasteiger partial charge in [0.2, 0.25) is 0 Å². The maximum atomic E-state index is 14.2. The minimum Gasteiger partial charge on any atom is -0.463 e. The van der Waals surface area contributed by atoms with Crippen LogP contribution in [-0.4, -0.2) is 88.4 Å². The zero-order valence-electron chi connectivity index (χ0n) is 21.5. The minimum atomic E-state index is -2.80. The fourth-order valence-electron chi connectivity index (χ4n) is 4.96. The van der Waals surface area contributed by atoms with Crippen LogP contribution in [0.25, 0.3) is 0 Å². The van der Waals surface area contributed by atoms with Crippen LogP contribution in [0.5, 0.6) is 6.01 Å². The van der Waals surface area contributed by atoms with Crippen molar-refractivity contribution in [1.82, 2.24) is 19.8 Å². The van der Waals surface area contributed by atoms with E-state index in [1.54, 1.807) is 51.6 Å². The number of piperidine rings is 1. The summed E-state index contributed by atoms with van der Waals surface area (Å²) < 4.78 is 39.8. The lowest BCUT2D eigenvalue weighted by Gasteiger charge is -2.38.